The molecule has 0 spiro atoms. The number of hydrogen-bond donors (Lipinski definition) is 0. The van der Waals surface area contributed by atoms with Gasteiger partial charge >= 0.3 is 0 Å². The van der Waals surface area contributed by atoms with Crippen molar-refractivity contribution >= 4 is 0 Å². The first kappa shape index (κ1) is 16.1. The molecule has 0 N–H and O–H groups in total. The summed E-state index contributed by atoms with van der Waals surface area (Å²) in [7, 11) is 0. The SMILES string of the molecule is Fc1cccc(CN(Cc2ccccn2)Cc2cccc(F)n2)n1. The van der Waals surface area contributed by atoms with E-state index in [1.807, 2.05) is 23.1 Å². The Morgan fingerprint density at radius 1 is 0.667 bits per heavy atom. The smallest absolute Gasteiger partial charge is 0.213 e. The highest BCUT2D eigenvalue weighted by Crippen LogP contribution is 2.12. The molecule has 122 valence electrons. The van der Waals surface area contributed by atoms with Crippen LogP contribution < -0.4 is 0 Å². The molecule has 3 rings (SSSR count). The molecule has 0 bridgehead atoms. The van der Waals surface area contributed by atoms with Gasteiger partial charge in [0.2, 0.25) is 11.9 Å². The van der Waals surface area contributed by atoms with Crippen LogP contribution in [0.2, 0.25) is 0 Å². The van der Waals surface area contributed by atoms with Crippen molar-refractivity contribution in [2.45, 2.75) is 19.6 Å². The number of nitrogens with zero attached hydrogens (tertiary/aromatic N) is 4. The summed E-state index contributed by atoms with van der Waals surface area (Å²) in [5, 5.41) is 0. The third-order valence-corrected chi connectivity index (χ3v) is 3.43. The van der Waals surface area contributed by atoms with Gasteiger partial charge in [-0.05, 0) is 36.4 Å². The van der Waals surface area contributed by atoms with Crippen molar-refractivity contribution in [1.29, 1.82) is 0 Å². The van der Waals surface area contributed by atoms with E-state index in [0.717, 1.165) is 5.69 Å². The Morgan fingerprint density at radius 2 is 1.21 bits per heavy atom. The number of aromatic nitrogens is 3. The summed E-state index contributed by atoms with van der Waals surface area (Å²) < 4.78 is 26.6. The molecule has 3 aromatic rings. The summed E-state index contributed by atoms with van der Waals surface area (Å²) in [6, 6.07) is 15.0. The molecule has 24 heavy (non-hydrogen) atoms. The summed E-state index contributed by atoms with van der Waals surface area (Å²) in [5.74, 6) is -1.04. The average Bonchev–Trinajstić information content (AvgIpc) is 2.56. The Hall–Kier alpha value is -2.73. The zero-order valence-corrected chi connectivity index (χ0v) is 12.9. The number of halogens is 2. The molecule has 0 radical (unpaired) electrons. The van der Waals surface area contributed by atoms with E-state index < -0.39 is 11.9 Å². The largest absolute Gasteiger partial charge is 0.286 e. The minimum atomic E-state index is -0.519. The van der Waals surface area contributed by atoms with Gasteiger partial charge in [-0.15, -0.1) is 0 Å². The van der Waals surface area contributed by atoms with Crippen molar-refractivity contribution in [2.75, 3.05) is 0 Å². The minimum Gasteiger partial charge on any atom is -0.286 e. The molecular weight excluding hydrogens is 310 g/mol. The van der Waals surface area contributed by atoms with Gasteiger partial charge < -0.3 is 0 Å². The van der Waals surface area contributed by atoms with Crippen LogP contribution in [-0.4, -0.2) is 19.9 Å². The lowest BCUT2D eigenvalue weighted by Crippen LogP contribution is -2.24. The van der Waals surface area contributed by atoms with E-state index in [1.165, 1.54) is 12.1 Å². The second kappa shape index (κ2) is 7.70. The average molecular weight is 326 g/mol. The van der Waals surface area contributed by atoms with Crippen LogP contribution in [0.5, 0.6) is 0 Å². The van der Waals surface area contributed by atoms with Crippen LogP contribution in [-0.2, 0) is 19.6 Å². The molecule has 0 aromatic carbocycles. The van der Waals surface area contributed by atoms with Crippen LogP contribution in [0.4, 0.5) is 8.78 Å². The second-order valence-corrected chi connectivity index (χ2v) is 5.37. The van der Waals surface area contributed by atoms with Gasteiger partial charge in [-0.3, -0.25) is 9.88 Å². The van der Waals surface area contributed by atoms with Gasteiger partial charge in [-0.25, -0.2) is 9.97 Å². The molecule has 6 heteroatoms. The molecule has 0 amide bonds. The van der Waals surface area contributed by atoms with E-state index >= 15 is 0 Å². The quantitative estimate of drug-likeness (QED) is 0.652. The molecule has 4 nitrogen and oxygen atoms in total. The molecular formula is C18H16F2N4. The Kier molecular flexibility index (Phi) is 5.18. The first-order valence-electron chi connectivity index (χ1n) is 7.54. The molecule has 0 saturated carbocycles. The maximum Gasteiger partial charge on any atom is 0.213 e. The predicted octanol–water partition coefficient (Wildman–Crippen LogP) is 3.35. The summed E-state index contributed by atoms with van der Waals surface area (Å²) in [4.78, 5) is 14.1. The van der Waals surface area contributed by atoms with E-state index in [-0.39, 0.29) is 0 Å². The molecule has 0 aliphatic rings. The van der Waals surface area contributed by atoms with E-state index in [2.05, 4.69) is 15.0 Å². The summed E-state index contributed by atoms with van der Waals surface area (Å²) in [5.41, 5.74) is 2.06. The summed E-state index contributed by atoms with van der Waals surface area (Å²) >= 11 is 0. The maximum atomic E-state index is 13.3. The minimum absolute atomic E-state index is 0.409. The van der Waals surface area contributed by atoms with Gasteiger partial charge in [0.05, 0.1) is 17.1 Å². The van der Waals surface area contributed by atoms with Crippen LogP contribution in [0.25, 0.3) is 0 Å². The topological polar surface area (TPSA) is 41.9 Å². The maximum absolute atomic E-state index is 13.3. The van der Waals surface area contributed by atoms with Crippen LogP contribution >= 0.6 is 0 Å². The fraction of sp³-hybridized carbons (Fsp3) is 0.167. The molecule has 3 heterocycles. The van der Waals surface area contributed by atoms with Gasteiger partial charge in [0.25, 0.3) is 0 Å². The molecule has 0 aliphatic carbocycles. The summed E-state index contributed by atoms with van der Waals surface area (Å²) in [6.45, 7) is 1.34. The number of hydrogen-bond acceptors (Lipinski definition) is 4. The fourth-order valence-electron chi connectivity index (χ4n) is 2.42. The van der Waals surface area contributed by atoms with Crippen LogP contribution in [0, 0.1) is 11.9 Å². The first-order valence-corrected chi connectivity index (χ1v) is 7.54. The van der Waals surface area contributed by atoms with Gasteiger partial charge in [-0.1, -0.05) is 18.2 Å². The predicted molar refractivity (Wildman–Crippen MR) is 85.6 cm³/mol. The van der Waals surface area contributed by atoms with E-state index in [1.54, 1.807) is 30.5 Å². The van der Waals surface area contributed by atoms with Crippen molar-refractivity contribution in [3.8, 4) is 0 Å². The highest BCUT2D eigenvalue weighted by molar-refractivity contribution is 5.09. The Morgan fingerprint density at radius 3 is 1.71 bits per heavy atom. The Labute approximate surface area is 138 Å². The molecule has 3 aromatic heterocycles. The molecule has 0 unspecified atom stereocenters. The van der Waals surface area contributed by atoms with Crippen molar-refractivity contribution in [3.63, 3.8) is 0 Å². The molecule has 0 saturated heterocycles. The van der Waals surface area contributed by atoms with Crippen LogP contribution in [0.1, 0.15) is 17.1 Å². The standard InChI is InChI=1S/C18H16F2N4/c19-17-8-3-6-15(22-17)12-24(11-14-5-1-2-10-21-14)13-16-7-4-9-18(20)23-16/h1-10H,11-13H2. The lowest BCUT2D eigenvalue weighted by molar-refractivity contribution is 0.237. The number of rotatable bonds is 6. The molecule has 0 fully saturated rings. The fourth-order valence-corrected chi connectivity index (χ4v) is 2.42. The van der Waals surface area contributed by atoms with Crippen molar-refractivity contribution < 1.29 is 8.78 Å². The lowest BCUT2D eigenvalue weighted by atomic mass is 10.2. The monoisotopic (exact) mass is 326 g/mol. The Balaban J connectivity index is 1.80. The van der Waals surface area contributed by atoms with Gasteiger partial charge in [0.1, 0.15) is 0 Å². The van der Waals surface area contributed by atoms with Gasteiger partial charge in [0.15, 0.2) is 0 Å². The first-order chi connectivity index (χ1) is 11.7. The zero-order chi connectivity index (χ0) is 16.8. The third kappa shape index (κ3) is 4.63. The number of pyridine rings is 3. The van der Waals surface area contributed by atoms with Crippen molar-refractivity contribution in [3.05, 3.63) is 89.8 Å². The van der Waals surface area contributed by atoms with Crippen LogP contribution in [0.15, 0.2) is 60.8 Å². The van der Waals surface area contributed by atoms with E-state index in [4.69, 9.17) is 0 Å². The lowest BCUT2D eigenvalue weighted by Gasteiger charge is -2.21. The normalized spacial score (nSPS) is 11.0. The summed E-state index contributed by atoms with van der Waals surface area (Å²) in [6.07, 6.45) is 1.72. The molecule has 0 atom stereocenters. The third-order valence-electron chi connectivity index (χ3n) is 3.43. The van der Waals surface area contributed by atoms with Crippen LogP contribution in [0.3, 0.4) is 0 Å². The van der Waals surface area contributed by atoms with Gasteiger partial charge in [-0.2, -0.15) is 8.78 Å². The van der Waals surface area contributed by atoms with Crippen molar-refractivity contribution in [1.82, 2.24) is 19.9 Å². The van der Waals surface area contributed by atoms with E-state index in [0.29, 0.717) is 31.0 Å². The Bertz CT molecular complexity index is 748. The van der Waals surface area contributed by atoms with Crippen molar-refractivity contribution in [2.24, 2.45) is 0 Å². The van der Waals surface area contributed by atoms with Gasteiger partial charge in [0, 0.05) is 25.8 Å². The highest BCUT2D eigenvalue weighted by Gasteiger charge is 2.11. The molecule has 0 aliphatic heterocycles. The van der Waals surface area contributed by atoms with E-state index in [9.17, 15) is 8.78 Å². The second-order valence-electron chi connectivity index (χ2n) is 5.37. The zero-order valence-electron chi connectivity index (χ0n) is 12.9. The highest BCUT2D eigenvalue weighted by atomic mass is 19.1.